The van der Waals surface area contributed by atoms with Crippen LogP contribution in [-0.2, 0) is 6.18 Å². The van der Waals surface area contributed by atoms with E-state index in [0.717, 1.165) is 6.07 Å². The van der Waals surface area contributed by atoms with Crippen LogP contribution in [0, 0.1) is 11.3 Å². The average molecular weight is 211 g/mol. The average Bonchev–Trinajstić information content (AvgIpc) is 2.57. The number of alkyl halides is 3. The molecule has 0 aliphatic carbocycles. The van der Waals surface area contributed by atoms with E-state index in [1.165, 1.54) is 22.9 Å². The van der Waals surface area contributed by atoms with Crippen molar-refractivity contribution in [1.29, 1.82) is 5.26 Å². The number of aromatic nitrogens is 2. The number of imidazole rings is 1. The lowest BCUT2D eigenvalue weighted by Crippen LogP contribution is -2.07. The highest BCUT2D eigenvalue weighted by molar-refractivity contribution is 5.51. The molecule has 76 valence electrons. The number of hydrogen-bond donors (Lipinski definition) is 0. The molecule has 0 atom stereocenters. The van der Waals surface area contributed by atoms with E-state index in [1.807, 2.05) is 0 Å². The van der Waals surface area contributed by atoms with Crippen LogP contribution < -0.4 is 0 Å². The SMILES string of the molecule is N#Cc1cn2cccc(C(F)(F)F)c2n1. The summed E-state index contributed by atoms with van der Waals surface area (Å²) in [5.41, 5.74) is -1.13. The van der Waals surface area contributed by atoms with E-state index >= 15 is 0 Å². The number of fused-ring (bicyclic) bond motifs is 1. The Kier molecular flexibility index (Phi) is 1.89. The van der Waals surface area contributed by atoms with Crippen molar-refractivity contribution in [3.05, 3.63) is 35.8 Å². The summed E-state index contributed by atoms with van der Waals surface area (Å²) < 4.78 is 38.7. The van der Waals surface area contributed by atoms with Gasteiger partial charge < -0.3 is 4.40 Å². The molecule has 0 unspecified atom stereocenters. The Morgan fingerprint density at radius 3 is 2.73 bits per heavy atom. The van der Waals surface area contributed by atoms with Crippen LogP contribution in [0.3, 0.4) is 0 Å². The molecule has 0 fully saturated rings. The summed E-state index contributed by atoms with van der Waals surface area (Å²) >= 11 is 0. The molecule has 3 nitrogen and oxygen atoms in total. The van der Waals surface area contributed by atoms with Crippen LogP contribution in [0.15, 0.2) is 24.5 Å². The molecule has 0 spiro atoms. The summed E-state index contributed by atoms with van der Waals surface area (Å²) in [5, 5.41) is 8.53. The van der Waals surface area contributed by atoms with E-state index in [4.69, 9.17) is 5.26 Å². The van der Waals surface area contributed by atoms with Crippen LogP contribution >= 0.6 is 0 Å². The predicted octanol–water partition coefficient (Wildman–Crippen LogP) is 2.22. The van der Waals surface area contributed by atoms with Crippen molar-refractivity contribution in [2.45, 2.75) is 6.18 Å². The monoisotopic (exact) mass is 211 g/mol. The first-order valence-corrected chi connectivity index (χ1v) is 3.97. The maximum Gasteiger partial charge on any atom is 0.419 e. The van der Waals surface area contributed by atoms with Crippen LogP contribution in [0.5, 0.6) is 0 Å². The third-order valence-corrected chi connectivity index (χ3v) is 1.90. The molecule has 0 aliphatic heterocycles. The zero-order chi connectivity index (χ0) is 11.1. The fourth-order valence-corrected chi connectivity index (χ4v) is 1.29. The largest absolute Gasteiger partial charge is 0.419 e. The third kappa shape index (κ3) is 1.52. The molecule has 2 heterocycles. The zero-order valence-electron chi connectivity index (χ0n) is 7.28. The van der Waals surface area contributed by atoms with Gasteiger partial charge in [0.2, 0.25) is 0 Å². The minimum absolute atomic E-state index is 0.0355. The fraction of sp³-hybridized carbons (Fsp3) is 0.111. The Hall–Kier alpha value is -2.03. The Morgan fingerprint density at radius 2 is 2.13 bits per heavy atom. The highest BCUT2D eigenvalue weighted by atomic mass is 19.4. The third-order valence-electron chi connectivity index (χ3n) is 1.90. The van der Waals surface area contributed by atoms with Gasteiger partial charge in [-0.3, -0.25) is 0 Å². The maximum atomic E-state index is 12.5. The van der Waals surface area contributed by atoms with Gasteiger partial charge in [-0.2, -0.15) is 18.4 Å². The first kappa shape index (κ1) is 9.52. The molecule has 0 N–H and O–H groups in total. The topological polar surface area (TPSA) is 41.1 Å². The molecule has 0 amide bonds. The first-order valence-electron chi connectivity index (χ1n) is 3.97. The zero-order valence-corrected chi connectivity index (χ0v) is 7.28. The molecule has 6 heteroatoms. The second-order valence-corrected chi connectivity index (χ2v) is 2.89. The van der Waals surface area contributed by atoms with Crippen molar-refractivity contribution in [3.63, 3.8) is 0 Å². The summed E-state index contributed by atoms with van der Waals surface area (Å²) in [7, 11) is 0. The number of rotatable bonds is 0. The van der Waals surface area contributed by atoms with Crippen LogP contribution in [0.4, 0.5) is 13.2 Å². The standard InChI is InChI=1S/C9H4F3N3/c10-9(11,12)7-2-1-3-15-5-6(4-13)14-8(7)15/h1-3,5H. The summed E-state index contributed by atoms with van der Waals surface area (Å²) in [4.78, 5) is 3.58. The van der Waals surface area contributed by atoms with Crippen molar-refractivity contribution in [2.75, 3.05) is 0 Å². The number of nitrogens with zero attached hydrogens (tertiary/aromatic N) is 3. The predicted molar refractivity (Wildman–Crippen MR) is 44.9 cm³/mol. The van der Waals surface area contributed by atoms with Crippen LogP contribution in [0.2, 0.25) is 0 Å². The fourth-order valence-electron chi connectivity index (χ4n) is 1.29. The van der Waals surface area contributed by atoms with Gasteiger partial charge in [0.25, 0.3) is 0 Å². The molecule has 2 rings (SSSR count). The van der Waals surface area contributed by atoms with Crippen molar-refractivity contribution in [2.24, 2.45) is 0 Å². The van der Waals surface area contributed by atoms with E-state index in [9.17, 15) is 13.2 Å². The minimum Gasteiger partial charge on any atom is -0.305 e. The molecule has 0 aliphatic rings. The molecule has 0 radical (unpaired) electrons. The van der Waals surface area contributed by atoms with Crippen molar-refractivity contribution >= 4 is 5.65 Å². The number of pyridine rings is 1. The van der Waals surface area contributed by atoms with Crippen molar-refractivity contribution in [1.82, 2.24) is 9.38 Å². The normalized spacial score (nSPS) is 11.6. The molecule has 0 saturated heterocycles. The lowest BCUT2D eigenvalue weighted by molar-refractivity contribution is -0.136. The maximum absolute atomic E-state index is 12.5. The van der Waals surface area contributed by atoms with Gasteiger partial charge in [-0.05, 0) is 12.1 Å². The van der Waals surface area contributed by atoms with Gasteiger partial charge in [-0.25, -0.2) is 4.98 Å². The summed E-state index contributed by atoms with van der Waals surface area (Å²) in [6, 6.07) is 3.89. The van der Waals surface area contributed by atoms with Crippen LogP contribution in [-0.4, -0.2) is 9.38 Å². The van der Waals surface area contributed by atoms with Gasteiger partial charge in [-0.1, -0.05) is 0 Å². The van der Waals surface area contributed by atoms with Gasteiger partial charge >= 0.3 is 6.18 Å². The van der Waals surface area contributed by atoms with E-state index in [-0.39, 0.29) is 11.3 Å². The molecule has 0 bridgehead atoms. The minimum atomic E-state index is -4.46. The first-order chi connectivity index (χ1) is 7.02. The van der Waals surface area contributed by atoms with Gasteiger partial charge in [0.15, 0.2) is 11.3 Å². The van der Waals surface area contributed by atoms with Crippen molar-refractivity contribution in [3.8, 4) is 6.07 Å². The Labute approximate surface area is 82.4 Å². The Bertz CT molecular complexity index is 548. The second kappa shape index (κ2) is 2.98. The molecule has 2 aromatic heterocycles. The molecule has 0 saturated carbocycles. The van der Waals surface area contributed by atoms with E-state index in [1.54, 1.807) is 6.07 Å². The lowest BCUT2D eigenvalue weighted by atomic mass is 10.2. The Morgan fingerprint density at radius 1 is 1.40 bits per heavy atom. The smallest absolute Gasteiger partial charge is 0.305 e. The number of halogens is 3. The van der Waals surface area contributed by atoms with Crippen LogP contribution in [0.1, 0.15) is 11.3 Å². The molecule has 0 aromatic carbocycles. The van der Waals surface area contributed by atoms with Gasteiger partial charge in [0.1, 0.15) is 6.07 Å². The van der Waals surface area contributed by atoms with Gasteiger partial charge in [0, 0.05) is 12.4 Å². The van der Waals surface area contributed by atoms with Gasteiger partial charge in [0.05, 0.1) is 5.56 Å². The van der Waals surface area contributed by atoms with E-state index in [0.29, 0.717) is 0 Å². The molecular weight excluding hydrogens is 207 g/mol. The summed E-state index contributed by atoms with van der Waals surface area (Å²) in [6.45, 7) is 0. The molecule has 2 aromatic rings. The second-order valence-electron chi connectivity index (χ2n) is 2.89. The molecule has 15 heavy (non-hydrogen) atoms. The van der Waals surface area contributed by atoms with Crippen LogP contribution in [0.25, 0.3) is 5.65 Å². The highest BCUT2D eigenvalue weighted by Gasteiger charge is 2.33. The van der Waals surface area contributed by atoms with E-state index in [2.05, 4.69) is 4.98 Å². The number of hydrogen-bond acceptors (Lipinski definition) is 2. The molecular formula is C9H4F3N3. The van der Waals surface area contributed by atoms with Gasteiger partial charge in [-0.15, -0.1) is 0 Å². The summed E-state index contributed by atoms with van der Waals surface area (Å²) in [6.07, 6.45) is -1.79. The highest BCUT2D eigenvalue weighted by Crippen LogP contribution is 2.31. The lowest BCUT2D eigenvalue weighted by Gasteiger charge is -2.06. The van der Waals surface area contributed by atoms with Crippen molar-refractivity contribution < 1.29 is 13.2 Å². The summed E-state index contributed by atoms with van der Waals surface area (Å²) in [5.74, 6) is 0. The van der Waals surface area contributed by atoms with E-state index < -0.39 is 11.7 Å². The Balaban J connectivity index is 2.77. The quantitative estimate of drug-likeness (QED) is 0.670. The number of nitriles is 1.